The predicted octanol–water partition coefficient (Wildman–Crippen LogP) is 5.03. The molecule has 100 valence electrons. The summed E-state index contributed by atoms with van der Waals surface area (Å²) in [6.45, 7) is 2.01. The molecular weight excluding hydrogens is 348 g/mol. The van der Waals surface area contributed by atoms with Crippen molar-refractivity contribution in [2.24, 2.45) is 0 Å². The first-order valence-corrected chi connectivity index (χ1v) is 7.93. The SMILES string of the molecule is Cc1ccc2c(c1)[C@H](O)CC(c1cc(Br)c(Cl)s1)O2. The van der Waals surface area contributed by atoms with Gasteiger partial charge in [0, 0.05) is 21.3 Å². The van der Waals surface area contributed by atoms with Crippen LogP contribution in [0.1, 0.15) is 34.6 Å². The number of thiophene rings is 1. The molecule has 2 aromatic rings. The number of ether oxygens (including phenoxy) is 1. The van der Waals surface area contributed by atoms with Gasteiger partial charge in [-0.3, -0.25) is 0 Å². The summed E-state index contributed by atoms with van der Waals surface area (Å²) in [6.07, 6.45) is -0.0768. The molecule has 2 heterocycles. The van der Waals surface area contributed by atoms with Gasteiger partial charge in [0.25, 0.3) is 0 Å². The molecule has 3 rings (SSSR count). The van der Waals surface area contributed by atoms with Crippen LogP contribution in [0.3, 0.4) is 0 Å². The van der Waals surface area contributed by atoms with Crippen LogP contribution in [-0.2, 0) is 0 Å². The summed E-state index contributed by atoms with van der Waals surface area (Å²) in [5, 5.41) is 10.3. The highest BCUT2D eigenvalue weighted by Gasteiger charge is 2.29. The highest BCUT2D eigenvalue weighted by atomic mass is 79.9. The summed E-state index contributed by atoms with van der Waals surface area (Å²) in [5.41, 5.74) is 2.00. The van der Waals surface area contributed by atoms with Gasteiger partial charge in [-0.25, -0.2) is 0 Å². The summed E-state index contributed by atoms with van der Waals surface area (Å²) >= 11 is 10.9. The van der Waals surface area contributed by atoms with Gasteiger partial charge in [0.15, 0.2) is 0 Å². The third kappa shape index (κ3) is 2.55. The van der Waals surface area contributed by atoms with E-state index >= 15 is 0 Å². The lowest BCUT2D eigenvalue weighted by atomic mass is 9.97. The van der Waals surface area contributed by atoms with Crippen molar-refractivity contribution in [1.29, 1.82) is 0 Å². The molecule has 0 fully saturated rings. The second-order valence-corrected chi connectivity index (χ2v) is 7.21. The van der Waals surface area contributed by atoms with E-state index in [2.05, 4.69) is 15.9 Å². The number of rotatable bonds is 1. The van der Waals surface area contributed by atoms with Gasteiger partial charge < -0.3 is 9.84 Å². The monoisotopic (exact) mass is 358 g/mol. The first-order chi connectivity index (χ1) is 9.04. The van der Waals surface area contributed by atoms with Gasteiger partial charge in [0.1, 0.15) is 16.2 Å². The number of aliphatic hydroxyl groups is 1. The Bertz CT molecular complexity index is 606. The van der Waals surface area contributed by atoms with Gasteiger partial charge in [-0.2, -0.15) is 0 Å². The first kappa shape index (κ1) is 13.4. The Kier molecular flexibility index (Phi) is 3.60. The molecule has 1 aliphatic rings. The van der Waals surface area contributed by atoms with Crippen LogP contribution in [0.25, 0.3) is 0 Å². The molecule has 1 aromatic heterocycles. The molecule has 5 heteroatoms. The van der Waals surface area contributed by atoms with Gasteiger partial charge in [0.05, 0.1) is 6.10 Å². The maximum atomic E-state index is 10.3. The molecule has 0 saturated heterocycles. The van der Waals surface area contributed by atoms with Gasteiger partial charge in [-0.15, -0.1) is 11.3 Å². The van der Waals surface area contributed by atoms with E-state index in [4.69, 9.17) is 16.3 Å². The first-order valence-electron chi connectivity index (χ1n) is 5.94. The summed E-state index contributed by atoms with van der Waals surface area (Å²) in [4.78, 5) is 1.03. The quantitative estimate of drug-likeness (QED) is 0.774. The maximum absolute atomic E-state index is 10.3. The van der Waals surface area contributed by atoms with Crippen LogP contribution in [0.15, 0.2) is 28.7 Å². The van der Waals surface area contributed by atoms with Crippen LogP contribution >= 0.6 is 38.9 Å². The van der Waals surface area contributed by atoms with Crippen LogP contribution in [0.5, 0.6) is 5.75 Å². The molecule has 0 radical (unpaired) electrons. The molecular formula is C14H12BrClO2S. The zero-order chi connectivity index (χ0) is 13.6. The average molecular weight is 360 g/mol. The molecule has 2 nitrogen and oxygen atoms in total. The third-order valence-corrected chi connectivity index (χ3v) is 5.78. The standard InChI is InChI=1S/C14H12BrClO2S/c1-7-2-3-11-8(4-7)10(17)6-12(18-11)13-5-9(15)14(16)19-13/h2-5,10,12,17H,6H2,1H3/t10-,12?/m1/s1. The lowest BCUT2D eigenvalue weighted by Crippen LogP contribution is -2.18. The van der Waals surface area contributed by atoms with E-state index in [1.165, 1.54) is 11.3 Å². The topological polar surface area (TPSA) is 29.5 Å². The molecule has 1 aliphatic heterocycles. The highest BCUT2D eigenvalue weighted by molar-refractivity contribution is 9.10. The molecule has 2 atom stereocenters. The normalized spacial score (nSPS) is 21.9. The minimum atomic E-state index is -0.492. The number of hydrogen-bond donors (Lipinski definition) is 1. The Morgan fingerprint density at radius 2 is 2.21 bits per heavy atom. The van der Waals surface area contributed by atoms with Crippen molar-refractivity contribution in [3.8, 4) is 5.75 Å². The van der Waals surface area contributed by atoms with Crippen LogP contribution in [0.2, 0.25) is 4.34 Å². The molecule has 19 heavy (non-hydrogen) atoms. The summed E-state index contributed by atoms with van der Waals surface area (Å²) in [5.74, 6) is 0.759. The van der Waals surface area contributed by atoms with E-state index in [1.807, 2.05) is 31.2 Å². The van der Waals surface area contributed by atoms with E-state index in [9.17, 15) is 5.11 Å². The number of hydrogen-bond acceptors (Lipinski definition) is 3. The van der Waals surface area contributed by atoms with Crippen molar-refractivity contribution in [2.75, 3.05) is 0 Å². The predicted molar refractivity (Wildman–Crippen MR) is 81.2 cm³/mol. The summed E-state index contributed by atoms with van der Waals surface area (Å²) in [7, 11) is 0. The van der Waals surface area contributed by atoms with Crippen LogP contribution in [-0.4, -0.2) is 5.11 Å². The lowest BCUT2D eigenvalue weighted by Gasteiger charge is -2.29. The Morgan fingerprint density at radius 1 is 1.42 bits per heavy atom. The third-order valence-electron chi connectivity index (χ3n) is 3.21. The molecule has 0 saturated carbocycles. The van der Waals surface area contributed by atoms with E-state index in [0.29, 0.717) is 10.8 Å². The number of aryl methyl sites for hydroxylation is 1. The molecule has 1 unspecified atom stereocenters. The fraction of sp³-hybridized carbons (Fsp3) is 0.286. The molecule has 0 amide bonds. The van der Waals surface area contributed by atoms with Crippen LogP contribution in [0, 0.1) is 6.92 Å². The summed E-state index contributed by atoms with van der Waals surface area (Å²) < 4.78 is 7.57. The molecule has 0 bridgehead atoms. The van der Waals surface area contributed by atoms with Crippen molar-refractivity contribution < 1.29 is 9.84 Å². The van der Waals surface area contributed by atoms with E-state index in [-0.39, 0.29) is 6.10 Å². The van der Waals surface area contributed by atoms with Gasteiger partial charge in [-0.1, -0.05) is 23.2 Å². The highest BCUT2D eigenvalue weighted by Crippen LogP contribution is 2.45. The van der Waals surface area contributed by atoms with Gasteiger partial charge >= 0.3 is 0 Å². The van der Waals surface area contributed by atoms with E-state index in [0.717, 1.165) is 26.2 Å². The van der Waals surface area contributed by atoms with Crippen LogP contribution < -0.4 is 4.74 Å². The largest absolute Gasteiger partial charge is 0.484 e. The Morgan fingerprint density at radius 3 is 2.89 bits per heavy atom. The number of fused-ring (bicyclic) bond motifs is 1. The Hall–Kier alpha value is -0.550. The maximum Gasteiger partial charge on any atom is 0.136 e. The molecule has 1 aromatic carbocycles. The van der Waals surface area contributed by atoms with Crippen molar-refractivity contribution in [2.45, 2.75) is 25.6 Å². The van der Waals surface area contributed by atoms with Gasteiger partial charge in [-0.05, 0) is 41.1 Å². The number of halogens is 2. The fourth-order valence-corrected chi connectivity index (χ4v) is 4.04. The zero-order valence-corrected chi connectivity index (χ0v) is 13.3. The second kappa shape index (κ2) is 5.09. The van der Waals surface area contributed by atoms with E-state index < -0.39 is 6.10 Å². The lowest BCUT2D eigenvalue weighted by molar-refractivity contribution is 0.0673. The molecule has 0 spiro atoms. The smallest absolute Gasteiger partial charge is 0.136 e. The van der Waals surface area contributed by atoms with E-state index in [1.54, 1.807) is 0 Å². The van der Waals surface area contributed by atoms with Crippen LogP contribution in [0.4, 0.5) is 0 Å². The second-order valence-electron chi connectivity index (χ2n) is 4.67. The summed E-state index contributed by atoms with van der Waals surface area (Å²) in [6, 6.07) is 7.85. The van der Waals surface area contributed by atoms with Crippen molar-refractivity contribution in [3.63, 3.8) is 0 Å². The molecule has 1 N–H and O–H groups in total. The van der Waals surface area contributed by atoms with Gasteiger partial charge in [0.2, 0.25) is 0 Å². The number of benzene rings is 1. The average Bonchev–Trinajstić information content (AvgIpc) is 2.70. The van der Waals surface area contributed by atoms with Crippen molar-refractivity contribution in [1.82, 2.24) is 0 Å². The minimum Gasteiger partial charge on any atom is -0.484 e. The minimum absolute atomic E-state index is 0.140. The fourth-order valence-electron chi connectivity index (χ4n) is 2.26. The van der Waals surface area contributed by atoms with Crippen molar-refractivity contribution in [3.05, 3.63) is 49.1 Å². The molecule has 0 aliphatic carbocycles. The number of aliphatic hydroxyl groups excluding tert-OH is 1. The zero-order valence-electron chi connectivity index (χ0n) is 10.2. The Labute approximate surface area is 129 Å². The Balaban J connectivity index is 1.94. The van der Waals surface area contributed by atoms with Crippen molar-refractivity contribution >= 4 is 38.9 Å².